The van der Waals surface area contributed by atoms with Crippen LogP contribution in [0.25, 0.3) is 11.3 Å². The molecule has 1 aromatic carbocycles. The van der Waals surface area contributed by atoms with Gasteiger partial charge in [0.2, 0.25) is 0 Å². The fraction of sp³-hybridized carbons (Fsp3) is 0. The number of nitrogens with one attached hydrogen (secondary N) is 1. The number of non-ortho nitro benzene ring substituents is 1. The molecular weight excluding hydrogens is 360 g/mol. The maximum absolute atomic E-state index is 11.8. The third-order valence-corrected chi connectivity index (χ3v) is 3.62. The van der Waals surface area contributed by atoms with E-state index in [0.717, 1.165) is 0 Å². The molecule has 26 heavy (non-hydrogen) atoms. The molecule has 0 aliphatic heterocycles. The summed E-state index contributed by atoms with van der Waals surface area (Å²) in [7, 11) is 0. The van der Waals surface area contributed by atoms with Crippen LogP contribution in [0.1, 0.15) is 16.2 Å². The maximum Gasteiger partial charge on any atom is 0.289 e. The third kappa shape index (κ3) is 3.93. The molecule has 9 heteroatoms. The standard InChI is InChI=1S/C17H11ClN4O4/c18-14-9-11(22(24)25)4-6-13(14)16-7-5-12(26-16)10-20-21-17(23)15-3-1-2-8-19-15/h1-10H,(H,21,23)/b20-10+. The first-order valence-electron chi connectivity index (χ1n) is 7.33. The summed E-state index contributed by atoms with van der Waals surface area (Å²) in [5.41, 5.74) is 2.97. The van der Waals surface area contributed by atoms with E-state index in [2.05, 4.69) is 15.5 Å². The van der Waals surface area contributed by atoms with E-state index in [1.54, 1.807) is 30.3 Å². The van der Waals surface area contributed by atoms with Gasteiger partial charge in [0.1, 0.15) is 17.2 Å². The second-order valence-corrected chi connectivity index (χ2v) is 5.44. The predicted molar refractivity (Wildman–Crippen MR) is 95.1 cm³/mol. The summed E-state index contributed by atoms with van der Waals surface area (Å²) >= 11 is 6.07. The van der Waals surface area contributed by atoms with E-state index >= 15 is 0 Å². The second-order valence-electron chi connectivity index (χ2n) is 5.04. The van der Waals surface area contributed by atoms with Gasteiger partial charge in [-0.25, -0.2) is 5.43 Å². The van der Waals surface area contributed by atoms with Crippen molar-refractivity contribution in [1.82, 2.24) is 10.4 Å². The van der Waals surface area contributed by atoms with Crippen LogP contribution in [0.5, 0.6) is 0 Å². The Morgan fingerprint density at radius 1 is 1.27 bits per heavy atom. The highest BCUT2D eigenvalue weighted by molar-refractivity contribution is 6.33. The van der Waals surface area contributed by atoms with E-state index in [0.29, 0.717) is 17.1 Å². The quantitative estimate of drug-likeness (QED) is 0.418. The fourth-order valence-corrected chi connectivity index (χ4v) is 2.36. The van der Waals surface area contributed by atoms with E-state index in [4.69, 9.17) is 16.0 Å². The number of aromatic nitrogens is 1. The lowest BCUT2D eigenvalue weighted by atomic mass is 10.1. The van der Waals surface area contributed by atoms with Gasteiger partial charge in [0, 0.05) is 23.9 Å². The van der Waals surface area contributed by atoms with Gasteiger partial charge >= 0.3 is 0 Å². The van der Waals surface area contributed by atoms with Gasteiger partial charge in [-0.15, -0.1) is 0 Å². The molecule has 3 rings (SSSR count). The zero-order valence-corrected chi connectivity index (χ0v) is 13.9. The number of hydrogen-bond acceptors (Lipinski definition) is 6. The average molecular weight is 371 g/mol. The summed E-state index contributed by atoms with van der Waals surface area (Å²) in [5, 5.41) is 14.7. The summed E-state index contributed by atoms with van der Waals surface area (Å²) in [6, 6.07) is 12.3. The number of hydrazone groups is 1. The molecule has 0 fully saturated rings. The number of nitrogens with zero attached hydrogens (tertiary/aromatic N) is 3. The third-order valence-electron chi connectivity index (χ3n) is 3.31. The Kier molecular flexibility index (Phi) is 5.04. The van der Waals surface area contributed by atoms with E-state index in [9.17, 15) is 14.9 Å². The highest BCUT2D eigenvalue weighted by Gasteiger charge is 2.13. The number of pyridine rings is 1. The van der Waals surface area contributed by atoms with Crippen LogP contribution in [-0.4, -0.2) is 22.0 Å². The number of amides is 1. The molecule has 0 saturated carbocycles. The van der Waals surface area contributed by atoms with Crippen LogP contribution in [-0.2, 0) is 0 Å². The lowest BCUT2D eigenvalue weighted by Gasteiger charge is -2.00. The molecule has 130 valence electrons. The minimum Gasteiger partial charge on any atom is -0.455 e. The summed E-state index contributed by atoms with van der Waals surface area (Å²) in [6.07, 6.45) is 2.83. The van der Waals surface area contributed by atoms with Gasteiger partial charge < -0.3 is 4.42 Å². The highest BCUT2D eigenvalue weighted by atomic mass is 35.5. The lowest BCUT2D eigenvalue weighted by molar-refractivity contribution is -0.384. The van der Waals surface area contributed by atoms with Crippen LogP contribution in [0.4, 0.5) is 5.69 Å². The minimum atomic E-state index is -0.528. The van der Waals surface area contributed by atoms with Crippen molar-refractivity contribution < 1.29 is 14.1 Å². The number of halogens is 1. The van der Waals surface area contributed by atoms with Gasteiger partial charge in [-0.3, -0.25) is 19.9 Å². The summed E-state index contributed by atoms with van der Waals surface area (Å²) in [4.78, 5) is 25.9. The van der Waals surface area contributed by atoms with Crippen LogP contribution in [0.15, 0.2) is 64.2 Å². The van der Waals surface area contributed by atoms with Crippen molar-refractivity contribution in [2.24, 2.45) is 5.10 Å². The van der Waals surface area contributed by atoms with Crippen LogP contribution in [0.3, 0.4) is 0 Å². The number of nitro benzene ring substituents is 1. The van der Waals surface area contributed by atoms with Gasteiger partial charge in [0.05, 0.1) is 16.2 Å². The molecule has 3 aromatic rings. The molecule has 2 aromatic heterocycles. The van der Waals surface area contributed by atoms with Gasteiger partial charge in [-0.2, -0.15) is 5.10 Å². The molecule has 0 unspecified atom stereocenters. The molecule has 0 saturated heterocycles. The van der Waals surface area contributed by atoms with E-state index in [-0.39, 0.29) is 16.4 Å². The lowest BCUT2D eigenvalue weighted by Crippen LogP contribution is -2.18. The average Bonchev–Trinajstić information content (AvgIpc) is 3.10. The van der Waals surface area contributed by atoms with Crippen LogP contribution in [0.2, 0.25) is 5.02 Å². The molecule has 1 amide bonds. The van der Waals surface area contributed by atoms with Crippen molar-refractivity contribution in [3.8, 4) is 11.3 Å². The summed E-state index contributed by atoms with van der Waals surface area (Å²) < 4.78 is 5.57. The first kappa shape index (κ1) is 17.3. The minimum absolute atomic E-state index is 0.107. The van der Waals surface area contributed by atoms with Crippen molar-refractivity contribution in [2.75, 3.05) is 0 Å². The smallest absolute Gasteiger partial charge is 0.289 e. The topological polar surface area (TPSA) is 111 Å². The number of nitro groups is 1. The molecule has 0 spiro atoms. The number of carbonyl (C=O) groups excluding carboxylic acids is 1. The number of benzene rings is 1. The molecular formula is C17H11ClN4O4. The number of furan rings is 1. The maximum atomic E-state index is 11.8. The zero-order valence-electron chi connectivity index (χ0n) is 13.1. The predicted octanol–water partition coefficient (Wildman–Crippen LogP) is 3.67. The largest absolute Gasteiger partial charge is 0.455 e. The molecule has 0 aliphatic rings. The Morgan fingerprint density at radius 2 is 2.12 bits per heavy atom. The van der Waals surface area contributed by atoms with Crippen LogP contribution in [0, 0.1) is 10.1 Å². The molecule has 1 N–H and O–H groups in total. The molecule has 2 heterocycles. The summed E-state index contributed by atoms with van der Waals surface area (Å²) in [6.45, 7) is 0. The van der Waals surface area contributed by atoms with E-state index in [1.807, 2.05) is 0 Å². The SMILES string of the molecule is O=C(N/N=C/c1ccc(-c2ccc([N+](=O)[O-])cc2Cl)o1)c1ccccn1. The number of carbonyl (C=O) groups is 1. The first-order valence-corrected chi connectivity index (χ1v) is 7.71. The van der Waals surface area contributed by atoms with Crippen LogP contribution < -0.4 is 5.43 Å². The first-order chi connectivity index (χ1) is 12.5. The molecule has 0 atom stereocenters. The summed E-state index contributed by atoms with van der Waals surface area (Å²) in [5.74, 6) is 0.338. The zero-order chi connectivity index (χ0) is 18.5. The van der Waals surface area contributed by atoms with Crippen molar-refractivity contribution in [2.45, 2.75) is 0 Å². The van der Waals surface area contributed by atoms with Crippen LogP contribution >= 0.6 is 11.6 Å². The number of rotatable bonds is 5. The van der Waals surface area contributed by atoms with Crippen molar-refractivity contribution in [1.29, 1.82) is 0 Å². The highest BCUT2D eigenvalue weighted by Crippen LogP contribution is 2.31. The Hall–Kier alpha value is -3.52. The normalized spacial score (nSPS) is 10.8. The van der Waals surface area contributed by atoms with Gasteiger partial charge in [0.25, 0.3) is 11.6 Å². The fourth-order valence-electron chi connectivity index (χ4n) is 2.09. The molecule has 0 aliphatic carbocycles. The molecule has 0 radical (unpaired) electrons. The Morgan fingerprint density at radius 3 is 2.81 bits per heavy atom. The molecule has 0 bridgehead atoms. The van der Waals surface area contributed by atoms with E-state index < -0.39 is 10.8 Å². The van der Waals surface area contributed by atoms with Gasteiger partial charge in [0.15, 0.2) is 0 Å². The van der Waals surface area contributed by atoms with Crippen molar-refractivity contribution >= 4 is 29.4 Å². The number of hydrogen-bond donors (Lipinski definition) is 1. The van der Waals surface area contributed by atoms with Gasteiger partial charge in [-0.05, 0) is 30.3 Å². The molecule has 8 nitrogen and oxygen atoms in total. The Balaban J connectivity index is 1.70. The Labute approximate surface area is 152 Å². The van der Waals surface area contributed by atoms with E-state index in [1.165, 1.54) is 30.6 Å². The monoisotopic (exact) mass is 370 g/mol. The van der Waals surface area contributed by atoms with Crippen molar-refractivity contribution in [3.05, 3.63) is 81.3 Å². The van der Waals surface area contributed by atoms with Crippen molar-refractivity contribution in [3.63, 3.8) is 0 Å². The Bertz CT molecular complexity index is 985. The van der Waals surface area contributed by atoms with Gasteiger partial charge in [-0.1, -0.05) is 17.7 Å². The second kappa shape index (κ2) is 7.58.